The Bertz CT molecular complexity index is 834. The van der Waals surface area contributed by atoms with Crippen LogP contribution in [-0.2, 0) is 20.8 Å². The quantitative estimate of drug-likeness (QED) is 0.819. The van der Waals surface area contributed by atoms with Gasteiger partial charge in [-0.25, -0.2) is 0 Å². The Kier molecular flexibility index (Phi) is 5.54. The van der Waals surface area contributed by atoms with Gasteiger partial charge in [-0.15, -0.1) is 0 Å². The van der Waals surface area contributed by atoms with E-state index in [1.54, 1.807) is 29.2 Å². The van der Waals surface area contributed by atoms with E-state index in [2.05, 4.69) is 12.2 Å². The first-order valence-corrected chi connectivity index (χ1v) is 9.03. The molecular weight excluding hydrogens is 342 g/mol. The van der Waals surface area contributed by atoms with Gasteiger partial charge in [0, 0.05) is 18.7 Å². The number of hydrogen-bond donors (Lipinski definition) is 2. The molecule has 3 rings (SSSR count). The van der Waals surface area contributed by atoms with Crippen LogP contribution < -0.4 is 16.0 Å². The Morgan fingerprint density at radius 2 is 1.81 bits per heavy atom. The van der Waals surface area contributed by atoms with Gasteiger partial charge in [-0.3, -0.25) is 14.4 Å². The van der Waals surface area contributed by atoms with Crippen molar-refractivity contribution in [2.75, 3.05) is 11.4 Å². The van der Waals surface area contributed by atoms with Crippen LogP contribution in [-0.4, -0.2) is 24.3 Å². The molecule has 140 valence electrons. The molecule has 3 amide bonds. The molecule has 2 unspecified atom stereocenters. The smallest absolute Gasteiger partial charge is 0.244 e. The molecule has 1 heterocycles. The van der Waals surface area contributed by atoms with Crippen molar-refractivity contribution >= 4 is 23.4 Å². The van der Waals surface area contributed by atoms with Gasteiger partial charge in [-0.05, 0) is 29.7 Å². The number of primary amides is 1. The Morgan fingerprint density at radius 3 is 2.41 bits per heavy atom. The summed E-state index contributed by atoms with van der Waals surface area (Å²) in [6.45, 7) is 2.36. The lowest BCUT2D eigenvalue weighted by Crippen LogP contribution is -2.41. The van der Waals surface area contributed by atoms with Crippen LogP contribution in [0.5, 0.6) is 0 Å². The van der Waals surface area contributed by atoms with Gasteiger partial charge in [0.15, 0.2) is 0 Å². The SMILES string of the molecule is CCc1ccc(N2CC(C(=O)NC(C(N)=O)c3ccccc3)CC2=O)cc1. The summed E-state index contributed by atoms with van der Waals surface area (Å²) >= 11 is 0. The summed E-state index contributed by atoms with van der Waals surface area (Å²) in [5.74, 6) is -1.60. The van der Waals surface area contributed by atoms with Crippen molar-refractivity contribution in [3.63, 3.8) is 0 Å². The molecule has 2 atom stereocenters. The molecule has 1 aliphatic rings. The van der Waals surface area contributed by atoms with Gasteiger partial charge < -0.3 is 16.0 Å². The van der Waals surface area contributed by atoms with Crippen molar-refractivity contribution in [1.82, 2.24) is 5.32 Å². The summed E-state index contributed by atoms with van der Waals surface area (Å²) in [5, 5.41) is 2.69. The zero-order valence-corrected chi connectivity index (χ0v) is 15.2. The number of nitrogens with zero attached hydrogens (tertiary/aromatic N) is 1. The first kappa shape index (κ1) is 18.6. The second-order valence-electron chi connectivity index (χ2n) is 6.68. The Morgan fingerprint density at radius 1 is 1.15 bits per heavy atom. The fourth-order valence-corrected chi connectivity index (χ4v) is 3.27. The third kappa shape index (κ3) is 4.16. The molecule has 27 heavy (non-hydrogen) atoms. The van der Waals surface area contributed by atoms with Crippen LogP contribution in [0.4, 0.5) is 5.69 Å². The maximum absolute atomic E-state index is 12.7. The first-order valence-electron chi connectivity index (χ1n) is 9.03. The molecule has 0 bridgehead atoms. The lowest BCUT2D eigenvalue weighted by Gasteiger charge is -2.19. The lowest BCUT2D eigenvalue weighted by molar-refractivity contribution is -0.130. The number of rotatable bonds is 6. The summed E-state index contributed by atoms with van der Waals surface area (Å²) in [5.41, 5.74) is 8.04. The van der Waals surface area contributed by atoms with Crippen LogP contribution in [0.1, 0.15) is 30.5 Å². The predicted octanol–water partition coefficient (Wildman–Crippen LogP) is 1.94. The summed E-state index contributed by atoms with van der Waals surface area (Å²) in [6.07, 6.45) is 1.04. The molecule has 0 aromatic heterocycles. The van der Waals surface area contributed by atoms with E-state index in [1.165, 1.54) is 5.56 Å². The van der Waals surface area contributed by atoms with Gasteiger partial charge in [-0.1, -0.05) is 49.4 Å². The largest absolute Gasteiger partial charge is 0.368 e. The first-order chi connectivity index (χ1) is 13.0. The third-order valence-corrected chi connectivity index (χ3v) is 4.86. The highest BCUT2D eigenvalue weighted by atomic mass is 16.2. The van der Waals surface area contributed by atoms with Crippen molar-refractivity contribution in [1.29, 1.82) is 0 Å². The number of aryl methyl sites for hydroxylation is 1. The van der Waals surface area contributed by atoms with Gasteiger partial charge in [0.05, 0.1) is 5.92 Å². The highest BCUT2D eigenvalue weighted by Crippen LogP contribution is 2.26. The van der Waals surface area contributed by atoms with Crippen LogP contribution >= 0.6 is 0 Å². The zero-order valence-electron chi connectivity index (χ0n) is 15.2. The molecule has 1 aliphatic heterocycles. The molecule has 0 radical (unpaired) electrons. The summed E-state index contributed by atoms with van der Waals surface area (Å²) in [6, 6.07) is 15.7. The molecule has 2 aromatic rings. The van der Waals surface area contributed by atoms with E-state index in [0.717, 1.165) is 12.1 Å². The molecule has 0 spiro atoms. The number of carbonyl (C=O) groups excluding carboxylic acids is 3. The Balaban J connectivity index is 1.70. The second-order valence-corrected chi connectivity index (χ2v) is 6.68. The van der Waals surface area contributed by atoms with Gasteiger partial charge in [0.1, 0.15) is 6.04 Å². The zero-order chi connectivity index (χ0) is 19.4. The molecule has 3 N–H and O–H groups in total. The van der Waals surface area contributed by atoms with Crippen LogP contribution in [0.3, 0.4) is 0 Å². The molecular formula is C21H23N3O3. The molecule has 6 heteroatoms. The molecule has 0 saturated carbocycles. The number of nitrogens with two attached hydrogens (primary N) is 1. The number of anilines is 1. The monoisotopic (exact) mass is 365 g/mol. The highest BCUT2D eigenvalue weighted by Gasteiger charge is 2.36. The molecule has 2 aromatic carbocycles. The number of amides is 3. The Hall–Kier alpha value is -3.15. The van der Waals surface area contributed by atoms with Crippen molar-refractivity contribution in [2.24, 2.45) is 11.7 Å². The summed E-state index contributed by atoms with van der Waals surface area (Å²) < 4.78 is 0. The van der Waals surface area contributed by atoms with Crippen LogP contribution in [0.25, 0.3) is 0 Å². The number of hydrogen-bond acceptors (Lipinski definition) is 3. The average Bonchev–Trinajstić information content (AvgIpc) is 3.08. The maximum atomic E-state index is 12.7. The second kappa shape index (κ2) is 8.03. The number of nitrogens with one attached hydrogen (secondary N) is 1. The van der Waals surface area contributed by atoms with E-state index in [-0.39, 0.29) is 24.8 Å². The average molecular weight is 365 g/mol. The van der Waals surface area contributed by atoms with E-state index >= 15 is 0 Å². The minimum atomic E-state index is -0.910. The molecule has 1 fully saturated rings. The van der Waals surface area contributed by atoms with E-state index in [4.69, 9.17) is 5.73 Å². The van der Waals surface area contributed by atoms with Gasteiger partial charge in [-0.2, -0.15) is 0 Å². The van der Waals surface area contributed by atoms with Crippen molar-refractivity contribution in [3.05, 3.63) is 65.7 Å². The minimum Gasteiger partial charge on any atom is -0.368 e. The Labute approximate surface area is 158 Å². The lowest BCUT2D eigenvalue weighted by atomic mass is 10.0. The summed E-state index contributed by atoms with van der Waals surface area (Å²) in [7, 11) is 0. The van der Waals surface area contributed by atoms with Gasteiger partial charge >= 0.3 is 0 Å². The van der Waals surface area contributed by atoms with Gasteiger partial charge in [0.2, 0.25) is 17.7 Å². The molecule has 6 nitrogen and oxygen atoms in total. The van der Waals surface area contributed by atoms with E-state index in [9.17, 15) is 14.4 Å². The highest BCUT2D eigenvalue weighted by molar-refractivity contribution is 6.01. The van der Waals surface area contributed by atoms with Crippen LogP contribution in [0.2, 0.25) is 0 Å². The van der Waals surface area contributed by atoms with E-state index in [1.807, 2.05) is 30.3 Å². The van der Waals surface area contributed by atoms with Crippen molar-refractivity contribution < 1.29 is 14.4 Å². The van der Waals surface area contributed by atoms with Crippen molar-refractivity contribution in [2.45, 2.75) is 25.8 Å². The normalized spacial score (nSPS) is 17.6. The fraction of sp³-hybridized carbons (Fsp3) is 0.286. The molecule has 1 saturated heterocycles. The maximum Gasteiger partial charge on any atom is 0.244 e. The van der Waals surface area contributed by atoms with Crippen LogP contribution in [0.15, 0.2) is 54.6 Å². The minimum absolute atomic E-state index is 0.102. The molecule has 0 aliphatic carbocycles. The topological polar surface area (TPSA) is 92.5 Å². The van der Waals surface area contributed by atoms with Crippen molar-refractivity contribution in [3.8, 4) is 0 Å². The predicted molar refractivity (Wildman–Crippen MR) is 103 cm³/mol. The van der Waals surface area contributed by atoms with Crippen LogP contribution in [0, 0.1) is 5.92 Å². The number of benzene rings is 2. The number of carbonyl (C=O) groups is 3. The van der Waals surface area contributed by atoms with E-state index in [0.29, 0.717) is 5.56 Å². The van der Waals surface area contributed by atoms with Gasteiger partial charge in [0.25, 0.3) is 0 Å². The van der Waals surface area contributed by atoms with E-state index < -0.39 is 17.9 Å². The third-order valence-electron chi connectivity index (χ3n) is 4.86. The summed E-state index contributed by atoms with van der Waals surface area (Å²) in [4.78, 5) is 38.5. The standard InChI is InChI=1S/C21H23N3O3/c1-2-14-8-10-17(11-9-14)24-13-16(12-18(24)25)21(27)23-19(20(22)26)15-6-4-3-5-7-15/h3-11,16,19H,2,12-13H2,1H3,(H2,22,26)(H,23,27). The fourth-order valence-electron chi connectivity index (χ4n) is 3.27.